The molecule has 8 aromatic carbocycles. The first-order chi connectivity index (χ1) is 25.3. The molecular weight excluding hydrogens is 655 g/mol. The number of para-hydroxylation sites is 2. The molecule has 0 N–H and O–H groups in total. The van der Waals surface area contributed by atoms with Crippen molar-refractivity contribution >= 4 is 63.3 Å². The average Bonchev–Trinajstić information content (AvgIpc) is 3.76. The lowest BCUT2D eigenvalue weighted by Gasteiger charge is -2.42. The molecule has 0 aliphatic heterocycles. The summed E-state index contributed by atoms with van der Waals surface area (Å²) in [6.07, 6.45) is 0. The summed E-state index contributed by atoms with van der Waals surface area (Å²) in [5.41, 5.74) is 6.12. The Morgan fingerprint density at radius 2 is 0.882 bits per heavy atom. The van der Waals surface area contributed by atoms with Gasteiger partial charge in [-0.3, -0.25) is 0 Å². The molecule has 0 aliphatic carbocycles. The predicted molar refractivity (Wildman–Crippen MR) is 219 cm³/mol. The number of fused-ring (bicyclic) bond motifs is 6. The van der Waals surface area contributed by atoms with E-state index in [4.69, 9.17) is 0 Å². The summed E-state index contributed by atoms with van der Waals surface area (Å²) in [4.78, 5) is 5.24. The quantitative estimate of drug-likeness (QED) is 0.164. The third-order valence-corrected chi connectivity index (χ3v) is 15.2. The first-order valence-corrected chi connectivity index (χ1v) is 19.8. The van der Waals surface area contributed by atoms with Crippen LogP contribution in [0.2, 0.25) is 0 Å². The molecule has 1 nitrogen and oxygen atoms in total. The van der Waals surface area contributed by atoms with E-state index >= 15 is 0 Å². The van der Waals surface area contributed by atoms with Crippen LogP contribution in [0.25, 0.3) is 58.8 Å². The minimum absolute atomic E-state index is 1.17. The van der Waals surface area contributed by atoms with Crippen molar-refractivity contribution in [3.63, 3.8) is 0 Å². The van der Waals surface area contributed by atoms with Gasteiger partial charge < -0.3 is 4.57 Å². The highest BCUT2D eigenvalue weighted by atomic mass is 32.3. The fourth-order valence-electron chi connectivity index (χ4n) is 7.91. The van der Waals surface area contributed by atoms with Crippen molar-refractivity contribution in [2.75, 3.05) is 0 Å². The van der Waals surface area contributed by atoms with Gasteiger partial charge in [-0.25, -0.2) is 0 Å². The van der Waals surface area contributed by atoms with E-state index < -0.39 is 10.0 Å². The number of nitrogens with zero attached hydrogens (tertiary/aromatic N) is 1. The monoisotopic (exact) mass is 687 g/mol. The van der Waals surface area contributed by atoms with Crippen LogP contribution in [0.1, 0.15) is 0 Å². The first kappa shape index (κ1) is 30.0. The Balaban J connectivity index is 1.26. The molecular formula is C48H33NS2. The van der Waals surface area contributed by atoms with Crippen molar-refractivity contribution in [1.29, 1.82) is 0 Å². The lowest BCUT2D eigenvalue weighted by molar-refractivity contribution is 1.15. The lowest BCUT2D eigenvalue weighted by Crippen LogP contribution is -2.06. The first-order valence-electron chi connectivity index (χ1n) is 17.3. The summed E-state index contributed by atoms with van der Waals surface area (Å²) in [6.45, 7) is 0. The van der Waals surface area contributed by atoms with Crippen LogP contribution in [0.5, 0.6) is 0 Å². The molecule has 10 rings (SSSR count). The van der Waals surface area contributed by atoms with E-state index in [0.717, 1.165) is 0 Å². The van der Waals surface area contributed by atoms with Gasteiger partial charge in [-0.2, -0.15) is 0 Å². The highest BCUT2D eigenvalue weighted by molar-refractivity contribution is 8.34. The van der Waals surface area contributed by atoms with Crippen molar-refractivity contribution in [1.82, 2.24) is 4.57 Å². The molecule has 0 spiro atoms. The van der Waals surface area contributed by atoms with Crippen LogP contribution < -0.4 is 0 Å². The van der Waals surface area contributed by atoms with Gasteiger partial charge in [0.05, 0.1) is 11.0 Å². The van der Waals surface area contributed by atoms with E-state index in [1.54, 1.807) is 0 Å². The summed E-state index contributed by atoms with van der Waals surface area (Å²) < 4.78 is 5.10. The van der Waals surface area contributed by atoms with Crippen molar-refractivity contribution in [3.8, 4) is 16.8 Å². The number of hydrogen-bond acceptors (Lipinski definition) is 1. The molecule has 242 valence electrons. The Morgan fingerprint density at radius 3 is 1.57 bits per heavy atom. The van der Waals surface area contributed by atoms with E-state index in [1.807, 2.05) is 11.3 Å². The van der Waals surface area contributed by atoms with Gasteiger partial charge in [0.1, 0.15) is 0 Å². The van der Waals surface area contributed by atoms with Gasteiger partial charge in [-0.15, -0.1) is 21.4 Å². The van der Waals surface area contributed by atoms with Crippen LogP contribution in [-0.4, -0.2) is 4.57 Å². The summed E-state index contributed by atoms with van der Waals surface area (Å²) >= 11 is 1.89. The van der Waals surface area contributed by atoms with Crippen LogP contribution in [0.15, 0.2) is 220 Å². The second-order valence-electron chi connectivity index (χ2n) is 12.9. The van der Waals surface area contributed by atoms with E-state index in [2.05, 4.69) is 205 Å². The van der Waals surface area contributed by atoms with Crippen molar-refractivity contribution in [2.24, 2.45) is 0 Å². The minimum atomic E-state index is -1.95. The highest BCUT2D eigenvalue weighted by Crippen LogP contribution is 2.73. The van der Waals surface area contributed by atoms with Gasteiger partial charge >= 0.3 is 0 Å². The van der Waals surface area contributed by atoms with Gasteiger partial charge in [0.15, 0.2) is 0 Å². The normalized spacial score (nSPS) is 12.2. The largest absolute Gasteiger partial charge is 0.309 e. The zero-order valence-corrected chi connectivity index (χ0v) is 29.4. The van der Waals surface area contributed by atoms with Crippen LogP contribution in [0.3, 0.4) is 0 Å². The van der Waals surface area contributed by atoms with Crippen LogP contribution >= 0.6 is 21.4 Å². The Hall–Kier alpha value is -5.87. The van der Waals surface area contributed by atoms with Crippen LogP contribution in [0, 0.1) is 0 Å². The Bertz CT molecular complexity index is 2770. The molecule has 3 heteroatoms. The molecule has 0 saturated carbocycles. The van der Waals surface area contributed by atoms with Gasteiger partial charge in [-0.1, -0.05) is 127 Å². The number of thiophene rings is 1. The second-order valence-corrected chi connectivity index (χ2v) is 17.1. The Morgan fingerprint density at radius 1 is 0.373 bits per heavy atom. The van der Waals surface area contributed by atoms with E-state index in [1.165, 1.54) is 78.4 Å². The molecule has 51 heavy (non-hydrogen) atoms. The van der Waals surface area contributed by atoms with Gasteiger partial charge in [0, 0.05) is 56.2 Å². The van der Waals surface area contributed by atoms with E-state index in [9.17, 15) is 0 Å². The second kappa shape index (κ2) is 12.2. The third kappa shape index (κ3) is 4.70. The molecule has 0 amide bonds. The SMILES string of the molecule is c1ccc(S(c2ccccc2)(c2cccc(-c3cccc4c3sc3ccccc34)c2)c2cccc(-n3c4ccccc4c4ccccc43)c2)cc1. The zero-order valence-electron chi connectivity index (χ0n) is 27.8. The molecule has 0 atom stereocenters. The predicted octanol–water partition coefficient (Wildman–Crippen LogP) is 14.2. The molecule has 2 aromatic heterocycles. The standard InChI is InChI=1S/C48H33NS2/c1-3-18-36(19-4-1)51(37-20-5-2-6-21-37,38-22-13-16-34(32-38)40-27-15-28-44-43-26-9-12-31-47(43)50-48(40)44)39-23-14-17-35(33-39)49-45-29-10-7-24-41(45)42-25-8-11-30-46(42)49/h1-33H. The minimum Gasteiger partial charge on any atom is -0.309 e. The summed E-state index contributed by atoms with van der Waals surface area (Å²) in [6, 6.07) is 74.2. The highest BCUT2D eigenvalue weighted by Gasteiger charge is 2.34. The summed E-state index contributed by atoms with van der Waals surface area (Å²) in [7, 11) is -1.95. The molecule has 0 bridgehead atoms. The van der Waals surface area contributed by atoms with Crippen molar-refractivity contribution in [2.45, 2.75) is 19.6 Å². The lowest BCUT2D eigenvalue weighted by atomic mass is 10.0. The molecule has 0 fully saturated rings. The van der Waals surface area contributed by atoms with Gasteiger partial charge in [0.25, 0.3) is 0 Å². The number of aromatic nitrogens is 1. The topological polar surface area (TPSA) is 4.93 Å². The maximum atomic E-state index is 2.47. The Kier molecular flexibility index (Phi) is 7.16. The third-order valence-electron chi connectivity index (χ3n) is 10.1. The van der Waals surface area contributed by atoms with E-state index in [-0.39, 0.29) is 0 Å². The molecule has 0 aliphatic rings. The van der Waals surface area contributed by atoms with Crippen molar-refractivity contribution < 1.29 is 0 Å². The average molecular weight is 688 g/mol. The summed E-state index contributed by atoms with van der Waals surface area (Å²) in [5.74, 6) is 0. The maximum Gasteiger partial charge on any atom is 0.0541 e. The summed E-state index contributed by atoms with van der Waals surface area (Å²) in [5, 5.41) is 5.19. The number of hydrogen-bond donors (Lipinski definition) is 0. The molecule has 0 saturated heterocycles. The zero-order chi connectivity index (χ0) is 33.8. The fraction of sp³-hybridized carbons (Fsp3) is 0. The van der Waals surface area contributed by atoms with Crippen LogP contribution in [-0.2, 0) is 0 Å². The number of benzene rings is 8. The smallest absolute Gasteiger partial charge is 0.0541 e. The molecule has 10 aromatic rings. The van der Waals surface area contributed by atoms with E-state index in [0.29, 0.717) is 0 Å². The molecule has 0 radical (unpaired) electrons. The Labute approximate surface area is 303 Å². The van der Waals surface area contributed by atoms with Gasteiger partial charge in [-0.05, 0) is 83.9 Å². The van der Waals surface area contributed by atoms with Crippen LogP contribution in [0.4, 0.5) is 0 Å². The van der Waals surface area contributed by atoms with Gasteiger partial charge in [0.2, 0.25) is 0 Å². The molecule has 0 unspecified atom stereocenters. The van der Waals surface area contributed by atoms with Crippen molar-refractivity contribution in [3.05, 3.63) is 200 Å². The fourth-order valence-corrected chi connectivity index (χ4v) is 13.1. The maximum absolute atomic E-state index is 2.47. The number of rotatable bonds is 6. The molecule has 2 heterocycles.